The number of aryl methyl sites for hydroxylation is 3. The van der Waals surface area contributed by atoms with Gasteiger partial charge < -0.3 is 9.67 Å². The first-order chi connectivity index (χ1) is 12.0. The maximum Gasteiger partial charge on any atom is 0.221 e. The van der Waals surface area contributed by atoms with E-state index in [-0.39, 0.29) is 5.88 Å². The molecule has 3 aromatic rings. The van der Waals surface area contributed by atoms with Gasteiger partial charge in [-0.25, -0.2) is 0 Å². The number of azo groups is 1. The minimum absolute atomic E-state index is 0.221. The molecule has 2 aromatic carbocycles. The number of aromatic hydroxyl groups is 1. The predicted octanol–water partition coefficient (Wildman–Crippen LogP) is 5.98. The van der Waals surface area contributed by atoms with Gasteiger partial charge in [-0.3, -0.25) is 0 Å². The largest absolute Gasteiger partial charge is 0.493 e. The van der Waals surface area contributed by atoms with Crippen molar-refractivity contribution in [3.8, 4) is 5.88 Å². The molecule has 128 valence electrons. The Morgan fingerprint density at radius 1 is 1.00 bits per heavy atom. The zero-order valence-corrected chi connectivity index (χ0v) is 15.5. The molecule has 0 aliphatic carbocycles. The maximum atomic E-state index is 10.8. The molecule has 0 unspecified atom stereocenters. The maximum absolute atomic E-state index is 10.8. The number of rotatable bonds is 3. The zero-order valence-electron chi connectivity index (χ0n) is 14.7. The van der Waals surface area contributed by atoms with Crippen molar-refractivity contribution in [3.05, 3.63) is 53.1 Å². The van der Waals surface area contributed by atoms with Gasteiger partial charge in [-0.05, 0) is 56.2 Å². The molecule has 0 saturated carbocycles. The van der Waals surface area contributed by atoms with E-state index in [0.29, 0.717) is 11.7 Å². The van der Waals surface area contributed by atoms with Gasteiger partial charge in [0.25, 0.3) is 0 Å². The van der Waals surface area contributed by atoms with Gasteiger partial charge in [0.15, 0.2) is 5.69 Å². The van der Waals surface area contributed by atoms with Crippen LogP contribution in [0.1, 0.15) is 22.7 Å². The molecule has 2 heterocycles. The summed E-state index contributed by atoms with van der Waals surface area (Å²) >= 11 is 1.90. The summed E-state index contributed by atoms with van der Waals surface area (Å²) in [6.07, 6.45) is 0. The van der Waals surface area contributed by atoms with Crippen LogP contribution in [0.15, 0.2) is 46.6 Å². The van der Waals surface area contributed by atoms with Crippen LogP contribution in [0.3, 0.4) is 0 Å². The lowest BCUT2D eigenvalue weighted by Gasteiger charge is -2.27. The third-order valence-electron chi connectivity index (χ3n) is 4.85. The van der Waals surface area contributed by atoms with Gasteiger partial charge in [-0.15, -0.1) is 5.11 Å². The van der Waals surface area contributed by atoms with E-state index in [0.717, 1.165) is 33.7 Å². The molecule has 0 radical (unpaired) electrons. The van der Waals surface area contributed by atoms with Gasteiger partial charge in [0.05, 0.1) is 17.2 Å². The van der Waals surface area contributed by atoms with E-state index in [2.05, 4.69) is 49.2 Å². The minimum Gasteiger partial charge on any atom is -0.493 e. The third kappa shape index (κ3) is 2.82. The number of aromatic nitrogens is 1. The van der Waals surface area contributed by atoms with E-state index in [9.17, 15) is 5.11 Å². The molecule has 1 N–H and O–H groups in total. The molecule has 1 aliphatic rings. The van der Waals surface area contributed by atoms with Gasteiger partial charge in [-0.2, -0.15) is 16.9 Å². The highest BCUT2D eigenvalue weighted by atomic mass is 32.2. The summed E-state index contributed by atoms with van der Waals surface area (Å²) < 4.78 is 2.01. The van der Waals surface area contributed by atoms with Crippen molar-refractivity contribution in [1.29, 1.82) is 0 Å². The number of benzene rings is 2. The first-order valence-corrected chi connectivity index (χ1v) is 9.60. The number of nitrogens with zero attached hydrogens (tertiary/aromatic N) is 3. The summed E-state index contributed by atoms with van der Waals surface area (Å²) in [4.78, 5) is 0. The monoisotopic (exact) mass is 351 g/mol. The van der Waals surface area contributed by atoms with E-state index < -0.39 is 0 Å². The Balaban J connectivity index is 1.83. The molecule has 0 amide bonds. The lowest BCUT2D eigenvalue weighted by atomic mass is 10.1. The molecule has 0 bridgehead atoms. The van der Waals surface area contributed by atoms with Crippen molar-refractivity contribution in [2.24, 2.45) is 10.2 Å². The van der Waals surface area contributed by atoms with Crippen LogP contribution >= 0.6 is 11.8 Å². The standard InChI is InChI=1S/C20H21N3OS/c1-12-4-7-18-17(8-12)19(20(24)23(18)16-10-25-11-16)22-21-15-6-5-13(2)14(3)9-15/h4-9,16,24H,10-11H2,1-3H3. The fraction of sp³-hybridized carbons (Fsp3) is 0.300. The van der Waals surface area contributed by atoms with Crippen molar-refractivity contribution in [3.63, 3.8) is 0 Å². The van der Waals surface area contributed by atoms with E-state index in [1.165, 1.54) is 11.1 Å². The summed E-state index contributed by atoms with van der Waals surface area (Å²) in [6, 6.07) is 12.6. The van der Waals surface area contributed by atoms with Crippen LogP contribution in [0.25, 0.3) is 10.9 Å². The molecule has 1 aliphatic heterocycles. The van der Waals surface area contributed by atoms with Crippen molar-refractivity contribution < 1.29 is 5.11 Å². The van der Waals surface area contributed by atoms with Gasteiger partial charge in [0.2, 0.25) is 5.88 Å². The lowest BCUT2D eigenvalue weighted by molar-refractivity contribution is 0.406. The second kappa shape index (κ2) is 6.23. The van der Waals surface area contributed by atoms with Crippen molar-refractivity contribution in [1.82, 2.24) is 4.57 Å². The highest BCUT2D eigenvalue weighted by Gasteiger charge is 2.27. The fourth-order valence-electron chi connectivity index (χ4n) is 3.13. The number of hydrogen-bond acceptors (Lipinski definition) is 4. The smallest absolute Gasteiger partial charge is 0.221 e. The molecular formula is C20H21N3OS. The Kier molecular flexibility index (Phi) is 4.04. The molecule has 4 nitrogen and oxygen atoms in total. The van der Waals surface area contributed by atoms with Crippen LogP contribution in [0.2, 0.25) is 0 Å². The summed E-state index contributed by atoms with van der Waals surface area (Å²) in [5.74, 6) is 2.27. The van der Waals surface area contributed by atoms with Crippen LogP contribution in [0.5, 0.6) is 5.88 Å². The predicted molar refractivity (Wildman–Crippen MR) is 105 cm³/mol. The fourth-order valence-corrected chi connectivity index (χ4v) is 3.88. The quantitative estimate of drug-likeness (QED) is 0.590. The highest BCUT2D eigenvalue weighted by molar-refractivity contribution is 8.00. The number of hydrogen-bond donors (Lipinski definition) is 1. The first-order valence-electron chi connectivity index (χ1n) is 8.45. The molecule has 5 heteroatoms. The van der Waals surface area contributed by atoms with Crippen LogP contribution in [-0.2, 0) is 0 Å². The SMILES string of the molecule is Cc1ccc2c(c1)c(N=Nc1ccc(C)c(C)c1)c(O)n2C1CSC1. The summed E-state index contributed by atoms with van der Waals surface area (Å²) in [7, 11) is 0. The molecule has 4 rings (SSSR count). The average Bonchev–Trinajstić information content (AvgIpc) is 2.79. The van der Waals surface area contributed by atoms with E-state index in [1.807, 2.05) is 34.5 Å². The molecule has 1 saturated heterocycles. The molecule has 0 atom stereocenters. The number of fused-ring (bicyclic) bond motifs is 1. The Hall–Kier alpha value is -2.27. The van der Waals surface area contributed by atoms with Crippen LogP contribution < -0.4 is 0 Å². The van der Waals surface area contributed by atoms with Crippen molar-refractivity contribution in [2.75, 3.05) is 11.5 Å². The van der Waals surface area contributed by atoms with Gasteiger partial charge in [-0.1, -0.05) is 17.7 Å². The van der Waals surface area contributed by atoms with Gasteiger partial charge in [0, 0.05) is 16.9 Å². The summed E-state index contributed by atoms with van der Waals surface area (Å²) in [5.41, 5.74) is 5.96. The van der Waals surface area contributed by atoms with Crippen molar-refractivity contribution in [2.45, 2.75) is 26.8 Å². The minimum atomic E-state index is 0.221. The molecule has 1 fully saturated rings. The summed E-state index contributed by atoms with van der Waals surface area (Å²) in [6.45, 7) is 6.20. The summed E-state index contributed by atoms with van der Waals surface area (Å²) in [5, 5.41) is 20.6. The van der Waals surface area contributed by atoms with E-state index in [1.54, 1.807) is 0 Å². The molecule has 1 aromatic heterocycles. The van der Waals surface area contributed by atoms with E-state index in [4.69, 9.17) is 0 Å². The van der Waals surface area contributed by atoms with Gasteiger partial charge >= 0.3 is 0 Å². The lowest BCUT2D eigenvalue weighted by Crippen LogP contribution is -2.22. The second-order valence-corrected chi connectivity index (χ2v) is 7.80. The molecular weight excluding hydrogens is 330 g/mol. The van der Waals surface area contributed by atoms with Crippen molar-refractivity contribution >= 4 is 34.0 Å². The Morgan fingerprint density at radius 3 is 2.48 bits per heavy atom. The van der Waals surface area contributed by atoms with Crippen LogP contribution in [0.4, 0.5) is 11.4 Å². The van der Waals surface area contributed by atoms with Gasteiger partial charge in [0.1, 0.15) is 0 Å². The Labute approximate surface area is 151 Å². The molecule has 0 spiro atoms. The first kappa shape index (κ1) is 16.2. The average molecular weight is 351 g/mol. The Morgan fingerprint density at radius 2 is 1.80 bits per heavy atom. The molecule has 25 heavy (non-hydrogen) atoms. The van der Waals surface area contributed by atoms with E-state index >= 15 is 0 Å². The van der Waals surface area contributed by atoms with Crippen LogP contribution in [0, 0.1) is 20.8 Å². The number of thioether (sulfide) groups is 1. The highest BCUT2D eigenvalue weighted by Crippen LogP contribution is 2.45. The second-order valence-electron chi connectivity index (χ2n) is 6.72. The van der Waals surface area contributed by atoms with Crippen LogP contribution in [-0.4, -0.2) is 21.2 Å². The third-order valence-corrected chi connectivity index (χ3v) is 6.09. The zero-order chi connectivity index (χ0) is 17.6. The normalized spacial score (nSPS) is 15.2. The topological polar surface area (TPSA) is 49.9 Å². The Bertz CT molecular complexity index is 986.